The Kier molecular flexibility index (Phi) is 4.08. The van der Waals surface area contributed by atoms with Gasteiger partial charge in [-0.3, -0.25) is 0 Å². The van der Waals surface area contributed by atoms with Gasteiger partial charge in [0.1, 0.15) is 11.6 Å². The molecular formula is C16H12N2O3. The second-order valence-electron chi connectivity index (χ2n) is 4.52. The lowest BCUT2D eigenvalue weighted by Crippen LogP contribution is -1.98. The summed E-state index contributed by atoms with van der Waals surface area (Å²) in [5.74, 6) is -0.999. The molecular weight excluding hydrogens is 268 g/mol. The van der Waals surface area contributed by atoms with Crippen LogP contribution in [0.15, 0.2) is 30.3 Å². The molecule has 0 bridgehead atoms. The molecule has 0 unspecified atom stereocenters. The second-order valence-corrected chi connectivity index (χ2v) is 4.52. The maximum Gasteiger partial charge on any atom is 0.175 e. The molecule has 0 heterocycles. The fraction of sp³-hybridized carbons (Fsp3) is 0.125. The number of aliphatic hydroxyl groups is 1. The molecule has 0 aromatic heterocycles. The molecule has 0 saturated carbocycles. The third-order valence-electron chi connectivity index (χ3n) is 3.21. The third-order valence-corrected chi connectivity index (χ3v) is 3.21. The lowest BCUT2D eigenvalue weighted by molar-refractivity contribution is 0.282. The molecule has 0 radical (unpaired) electrons. The van der Waals surface area contributed by atoms with E-state index >= 15 is 0 Å². The Hall–Kier alpha value is -3.02. The van der Waals surface area contributed by atoms with Crippen molar-refractivity contribution in [1.82, 2.24) is 0 Å². The third kappa shape index (κ3) is 2.79. The van der Waals surface area contributed by atoms with Crippen molar-refractivity contribution in [2.45, 2.75) is 13.0 Å². The van der Waals surface area contributed by atoms with Crippen LogP contribution in [0.1, 0.15) is 27.8 Å². The van der Waals surface area contributed by atoms with Gasteiger partial charge in [-0.15, -0.1) is 0 Å². The number of hydrogen-bond donors (Lipinski definition) is 3. The van der Waals surface area contributed by atoms with E-state index in [0.29, 0.717) is 5.56 Å². The monoisotopic (exact) mass is 280 g/mol. The topological polar surface area (TPSA) is 108 Å². The Labute approximate surface area is 121 Å². The van der Waals surface area contributed by atoms with E-state index < -0.39 is 11.5 Å². The van der Waals surface area contributed by atoms with E-state index in [-0.39, 0.29) is 24.2 Å². The quantitative estimate of drug-likeness (QED) is 0.744. The van der Waals surface area contributed by atoms with Gasteiger partial charge in [-0.1, -0.05) is 24.3 Å². The number of hydrogen-bond acceptors (Lipinski definition) is 5. The smallest absolute Gasteiger partial charge is 0.175 e. The number of rotatable bonds is 3. The van der Waals surface area contributed by atoms with Crippen molar-refractivity contribution in [2.75, 3.05) is 0 Å². The van der Waals surface area contributed by atoms with Crippen LogP contribution in [0, 0.1) is 22.7 Å². The highest BCUT2D eigenvalue weighted by Crippen LogP contribution is 2.34. The number of nitriles is 2. The van der Waals surface area contributed by atoms with Gasteiger partial charge in [0.2, 0.25) is 0 Å². The van der Waals surface area contributed by atoms with Gasteiger partial charge in [-0.2, -0.15) is 10.5 Å². The Bertz CT molecular complexity index is 753. The van der Waals surface area contributed by atoms with Gasteiger partial charge in [0.05, 0.1) is 18.2 Å². The fourth-order valence-electron chi connectivity index (χ4n) is 2.07. The minimum atomic E-state index is -0.515. The summed E-state index contributed by atoms with van der Waals surface area (Å²) in [6.45, 7) is -0.0623. The molecule has 5 heteroatoms. The number of phenolic OH excluding ortho intramolecular Hbond substituents is 2. The van der Waals surface area contributed by atoms with Crippen LogP contribution < -0.4 is 0 Å². The van der Waals surface area contributed by atoms with Crippen molar-refractivity contribution < 1.29 is 15.3 Å². The Morgan fingerprint density at radius 3 is 2.10 bits per heavy atom. The van der Waals surface area contributed by atoms with E-state index in [9.17, 15) is 10.2 Å². The van der Waals surface area contributed by atoms with Gasteiger partial charge in [0, 0.05) is 12.5 Å². The first-order valence-electron chi connectivity index (χ1n) is 6.17. The highest BCUT2D eigenvalue weighted by Gasteiger charge is 2.17. The minimum Gasteiger partial charge on any atom is -0.504 e. The van der Waals surface area contributed by atoms with Gasteiger partial charge in [-0.25, -0.2) is 0 Å². The molecule has 3 N–H and O–H groups in total. The number of phenols is 2. The average Bonchev–Trinajstić information content (AvgIpc) is 2.51. The first-order chi connectivity index (χ1) is 10.1. The van der Waals surface area contributed by atoms with Crippen molar-refractivity contribution in [3.05, 3.63) is 58.1 Å². The fourth-order valence-corrected chi connectivity index (χ4v) is 2.07. The highest BCUT2D eigenvalue weighted by atomic mass is 16.3. The number of aliphatic hydroxyl groups excluding tert-OH is 1. The van der Waals surface area contributed by atoms with Crippen LogP contribution in [0.25, 0.3) is 0 Å². The summed E-state index contributed by atoms with van der Waals surface area (Å²) in [6, 6.07) is 11.9. The lowest BCUT2D eigenvalue weighted by atomic mass is 9.94. The minimum absolute atomic E-state index is 0.0623. The predicted octanol–water partition coefficient (Wildman–Crippen LogP) is 1.92. The van der Waals surface area contributed by atoms with Crippen LogP contribution in [-0.4, -0.2) is 15.3 Å². The number of benzene rings is 2. The van der Waals surface area contributed by atoms with Crippen molar-refractivity contribution in [3.63, 3.8) is 0 Å². The molecule has 2 rings (SSSR count). The van der Waals surface area contributed by atoms with Crippen LogP contribution in [0.2, 0.25) is 0 Å². The molecule has 0 aliphatic heterocycles. The van der Waals surface area contributed by atoms with Gasteiger partial charge < -0.3 is 15.3 Å². The summed E-state index contributed by atoms with van der Waals surface area (Å²) < 4.78 is 0. The normalized spacial score (nSPS) is 9.86. The Morgan fingerprint density at radius 2 is 1.57 bits per heavy atom. The SMILES string of the molecule is N#Cc1cc(O)c(O)c(C#N)c1Cc1ccc(CO)cc1. The number of nitrogens with zero attached hydrogens (tertiary/aromatic N) is 2. The molecule has 21 heavy (non-hydrogen) atoms. The molecule has 0 aliphatic carbocycles. The van der Waals surface area contributed by atoms with Crippen molar-refractivity contribution in [2.24, 2.45) is 0 Å². The molecule has 5 nitrogen and oxygen atoms in total. The summed E-state index contributed by atoms with van der Waals surface area (Å²) in [7, 11) is 0. The van der Waals surface area contributed by atoms with Gasteiger partial charge in [0.15, 0.2) is 11.5 Å². The van der Waals surface area contributed by atoms with Crippen LogP contribution in [0.5, 0.6) is 11.5 Å². The van der Waals surface area contributed by atoms with Crippen LogP contribution in [-0.2, 0) is 13.0 Å². The van der Waals surface area contributed by atoms with E-state index in [1.54, 1.807) is 24.3 Å². The lowest BCUT2D eigenvalue weighted by Gasteiger charge is -2.10. The first-order valence-corrected chi connectivity index (χ1v) is 6.17. The largest absolute Gasteiger partial charge is 0.504 e. The molecule has 2 aromatic rings. The molecule has 0 saturated heterocycles. The Balaban J connectivity index is 2.50. The zero-order chi connectivity index (χ0) is 15.4. The van der Waals surface area contributed by atoms with E-state index in [1.807, 2.05) is 12.1 Å². The van der Waals surface area contributed by atoms with Crippen LogP contribution in [0.3, 0.4) is 0 Å². The molecule has 0 aliphatic rings. The van der Waals surface area contributed by atoms with E-state index in [0.717, 1.165) is 17.2 Å². The molecule has 0 atom stereocenters. The molecule has 0 fully saturated rings. The first kappa shape index (κ1) is 14.4. The number of aromatic hydroxyl groups is 2. The predicted molar refractivity (Wildman–Crippen MR) is 74.4 cm³/mol. The van der Waals surface area contributed by atoms with E-state index in [4.69, 9.17) is 15.6 Å². The van der Waals surface area contributed by atoms with Crippen LogP contribution >= 0.6 is 0 Å². The molecule has 104 valence electrons. The summed E-state index contributed by atoms with van der Waals surface area (Å²) >= 11 is 0. The van der Waals surface area contributed by atoms with Gasteiger partial charge >= 0.3 is 0 Å². The average molecular weight is 280 g/mol. The maximum atomic E-state index is 9.74. The van der Waals surface area contributed by atoms with Crippen LogP contribution in [0.4, 0.5) is 0 Å². The highest BCUT2D eigenvalue weighted by molar-refractivity contribution is 5.62. The Morgan fingerprint density at radius 1 is 0.952 bits per heavy atom. The summed E-state index contributed by atoms with van der Waals surface area (Å²) in [6.07, 6.45) is 0.269. The second kappa shape index (κ2) is 5.96. The summed E-state index contributed by atoms with van der Waals surface area (Å²) in [5, 5.41) is 46.5. The zero-order valence-electron chi connectivity index (χ0n) is 11.0. The van der Waals surface area contributed by atoms with Crippen molar-refractivity contribution >= 4 is 0 Å². The van der Waals surface area contributed by atoms with E-state index in [2.05, 4.69) is 0 Å². The standard InChI is InChI=1S/C16H12N2O3/c17-7-12-6-15(20)16(21)14(8-18)13(12)5-10-1-3-11(9-19)4-2-10/h1-4,6,19-21H,5,9H2. The zero-order valence-corrected chi connectivity index (χ0v) is 11.0. The molecule has 0 spiro atoms. The summed E-state index contributed by atoms with van der Waals surface area (Å²) in [4.78, 5) is 0. The van der Waals surface area contributed by atoms with Crippen molar-refractivity contribution in [3.8, 4) is 23.6 Å². The summed E-state index contributed by atoms with van der Waals surface area (Å²) in [5.41, 5.74) is 2.00. The van der Waals surface area contributed by atoms with Gasteiger partial charge in [-0.05, 0) is 16.7 Å². The van der Waals surface area contributed by atoms with Gasteiger partial charge in [0.25, 0.3) is 0 Å². The maximum absolute atomic E-state index is 9.74. The van der Waals surface area contributed by atoms with E-state index in [1.165, 1.54) is 0 Å². The van der Waals surface area contributed by atoms with Crippen molar-refractivity contribution in [1.29, 1.82) is 10.5 Å². The molecule has 2 aromatic carbocycles. The molecule has 0 amide bonds.